The maximum Gasteiger partial charge on any atom is 0.247 e. The molecule has 1 saturated carbocycles. The Kier molecular flexibility index (Phi) is 4.82. The largest absolute Gasteiger partial charge is 0.356 e. The van der Waals surface area contributed by atoms with Gasteiger partial charge in [-0.2, -0.15) is 0 Å². The van der Waals surface area contributed by atoms with Crippen LogP contribution >= 0.6 is 11.3 Å². The first kappa shape index (κ1) is 15.5. The molecule has 0 saturated heterocycles. The van der Waals surface area contributed by atoms with E-state index in [1.807, 2.05) is 0 Å². The third kappa shape index (κ3) is 4.04. The summed E-state index contributed by atoms with van der Waals surface area (Å²) in [6.07, 6.45) is 3.87. The summed E-state index contributed by atoms with van der Waals surface area (Å²) in [6, 6.07) is 3.09. The maximum atomic E-state index is 11.8. The summed E-state index contributed by atoms with van der Waals surface area (Å²) in [5.74, 6) is 1.18. The predicted molar refractivity (Wildman–Crippen MR) is 78.9 cm³/mol. The highest BCUT2D eigenvalue weighted by Gasteiger charge is 2.23. The van der Waals surface area contributed by atoms with Crippen molar-refractivity contribution in [1.29, 1.82) is 0 Å². The number of thiophene rings is 1. The van der Waals surface area contributed by atoms with Crippen LogP contribution in [0.4, 0.5) is 0 Å². The predicted octanol–water partition coefficient (Wildman–Crippen LogP) is 1.49. The zero-order valence-electron chi connectivity index (χ0n) is 11.5. The molecule has 1 aliphatic rings. The lowest BCUT2D eigenvalue weighted by Gasteiger charge is -2.15. The number of sulfonamides is 1. The smallest absolute Gasteiger partial charge is 0.247 e. The minimum atomic E-state index is -3.66. The zero-order chi connectivity index (χ0) is 14.8. The fourth-order valence-corrected chi connectivity index (χ4v) is 4.37. The molecule has 0 aliphatic heterocycles. The van der Waals surface area contributed by atoms with Gasteiger partial charge in [0.05, 0.1) is 6.42 Å². The number of hydrogen-bond donors (Lipinski definition) is 2. The fourth-order valence-electron chi connectivity index (χ4n) is 2.60. The van der Waals surface area contributed by atoms with Crippen LogP contribution in [0.1, 0.15) is 31.1 Å². The molecule has 0 aromatic carbocycles. The Bertz CT molecular complexity index is 580. The van der Waals surface area contributed by atoms with Gasteiger partial charge in [0.2, 0.25) is 15.9 Å². The summed E-state index contributed by atoms with van der Waals surface area (Å²) in [4.78, 5) is 12.6. The van der Waals surface area contributed by atoms with E-state index in [0.717, 1.165) is 11.3 Å². The van der Waals surface area contributed by atoms with Crippen molar-refractivity contribution in [3.63, 3.8) is 0 Å². The maximum absolute atomic E-state index is 11.8. The molecular formula is C13H20N2O3S2. The summed E-state index contributed by atoms with van der Waals surface area (Å²) in [6.45, 7) is 2.94. The number of rotatable bonds is 5. The third-order valence-electron chi connectivity index (χ3n) is 3.85. The monoisotopic (exact) mass is 316 g/mol. The Morgan fingerprint density at radius 2 is 2.20 bits per heavy atom. The third-order valence-corrected chi connectivity index (χ3v) is 6.38. The van der Waals surface area contributed by atoms with E-state index in [1.54, 1.807) is 6.07 Å². The zero-order valence-corrected chi connectivity index (χ0v) is 13.1. The topological polar surface area (TPSA) is 89.3 Å². The Hall–Kier alpha value is -0.920. The van der Waals surface area contributed by atoms with Gasteiger partial charge in [0.1, 0.15) is 4.21 Å². The number of nitrogens with one attached hydrogen (secondary N) is 1. The van der Waals surface area contributed by atoms with Crippen molar-refractivity contribution < 1.29 is 13.2 Å². The number of carbonyl (C=O) groups is 1. The van der Waals surface area contributed by atoms with E-state index in [9.17, 15) is 13.2 Å². The molecule has 1 heterocycles. The van der Waals surface area contributed by atoms with Gasteiger partial charge < -0.3 is 5.32 Å². The van der Waals surface area contributed by atoms with Crippen LogP contribution < -0.4 is 10.5 Å². The standard InChI is InChI=1S/C13H20N2O3S2/c1-9-3-2-4-10(9)8-15-12(16)7-11-5-6-13(19-11)20(14,17)18/h5-6,9-10H,2-4,7-8H2,1H3,(H,15,16)(H2,14,17,18). The lowest BCUT2D eigenvalue weighted by atomic mass is 9.98. The second kappa shape index (κ2) is 6.24. The Morgan fingerprint density at radius 3 is 2.75 bits per heavy atom. The summed E-state index contributed by atoms with van der Waals surface area (Å²) >= 11 is 1.05. The Balaban J connectivity index is 1.84. The summed E-state index contributed by atoms with van der Waals surface area (Å²) in [5, 5.41) is 7.98. The van der Waals surface area contributed by atoms with Gasteiger partial charge in [-0.25, -0.2) is 13.6 Å². The summed E-state index contributed by atoms with van der Waals surface area (Å²) < 4.78 is 22.4. The second-order valence-electron chi connectivity index (χ2n) is 5.41. The van der Waals surface area contributed by atoms with E-state index >= 15 is 0 Å². The van der Waals surface area contributed by atoms with E-state index in [4.69, 9.17) is 5.14 Å². The number of amides is 1. The first-order valence-electron chi connectivity index (χ1n) is 6.74. The van der Waals surface area contributed by atoms with E-state index in [0.29, 0.717) is 23.3 Å². The highest BCUT2D eigenvalue weighted by Crippen LogP contribution is 2.30. The molecule has 0 bridgehead atoms. The number of hydrogen-bond acceptors (Lipinski definition) is 4. The van der Waals surface area contributed by atoms with Gasteiger partial charge in [0, 0.05) is 11.4 Å². The molecule has 2 rings (SSSR count). The summed E-state index contributed by atoms with van der Waals surface area (Å²) in [5.41, 5.74) is 0. The average molecular weight is 316 g/mol. The van der Waals surface area contributed by atoms with Crippen molar-refractivity contribution in [2.24, 2.45) is 17.0 Å². The quantitative estimate of drug-likeness (QED) is 0.862. The molecule has 1 amide bonds. The Morgan fingerprint density at radius 1 is 1.45 bits per heavy atom. The molecule has 2 atom stereocenters. The normalized spacial score (nSPS) is 22.9. The first-order chi connectivity index (χ1) is 9.36. The molecule has 0 spiro atoms. The van der Waals surface area contributed by atoms with Crippen LogP contribution in [0.3, 0.4) is 0 Å². The van der Waals surface area contributed by atoms with Gasteiger partial charge in [0.15, 0.2) is 0 Å². The highest BCUT2D eigenvalue weighted by atomic mass is 32.2. The van der Waals surface area contributed by atoms with Crippen molar-refractivity contribution >= 4 is 27.3 Å². The van der Waals surface area contributed by atoms with Crippen molar-refractivity contribution in [2.75, 3.05) is 6.54 Å². The van der Waals surface area contributed by atoms with E-state index in [1.165, 1.54) is 25.3 Å². The SMILES string of the molecule is CC1CCCC1CNC(=O)Cc1ccc(S(N)(=O)=O)s1. The molecule has 0 radical (unpaired) electrons. The fraction of sp³-hybridized carbons (Fsp3) is 0.615. The van der Waals surface area contributed by atoms with E-state index < -0.39 is 10.0 Å². The van der Waals surface area contributed by atoms with Crippen molar-refractivity contribution in [3.05, 3.63) is 17.0 Å². The average Bonchev–Trinajstić information content (AvgIpc) is 2.95. The van der Waals surface area contributed by atoms with Gasteiger partial charge >= 0.3 is 0 Å². The number of primary sulfonamides is 1. The molecule has 20 heavy (non-hydrogen) atoms. The molecule has 1 aliphatic carbocycles. The molecule has 1 aromatic heterocycles. The first-order valence-corrected chi connectivity index (χ1v) is 9.11. The molecule has 1 aromatic rings. The van der Waals surface area contributed by atoms with Gasteiger partial charge in [-0.05, 0) is 30.4 Å². The van der Waals surface area contributed by atoms with Crippen LogP contribution in [0.25, 0.3) is 0 Å². The van der Waals surface area contributed by atoms with Crippen molar-refractivity contribution in [1.82, 2.24) is 5.32 Å². The van der Waals surface area contributed by atoms with Crippen LogP contribution in [0.2, 0.25) is 0 Å². The lowest BCUT2D eigenvalue weighted by molar-refractivity contribution is -0.120. The molecule has 7 heteroatoms. The molecule has 3 N–H and O–H groups in total. The minimum Gasteiger partial charge on any atom is -0.356 e. The highest BCUT2D eigenvalue weighted by molar-refractivity contribution is 7.91. The van der Waals surface area contributed by atoms with E-state index in [-0.39, 0.29) is 16.5 Å². The van der Waals surface area contributed by atoms with Gasteiger partial charge in [-0.15, -0.1) is 11.3 Å². The molecule has 5 nitrogen and oxygen atoms in total. The van der Waals surface area contributed by atoms with Crippen LogP contribution in [0.5, 0.6) is 0 Å². The van der Waals surface area contributed by atoms with Gasteiger partial charge in [-0.3, -0.25) is 4.79 Å². The Labute approximate surface area is 123 Å². The van der Waals surface area contributed by atoms with Crippen LogP contribution in [-0.4, -0.2) is 20.9 Å². The van der Waals surface area contributed by atoms with Crippen LogP contribution in [0, 0.1) is 11.8 Å². The van der Waals surface area contributed by atoms with Crippen LogP contribution in [-0.2, 0) is 21.2 Å². The second-order valence-corrected chi connectivity index (χ2v) is 8.37. The number of carbonyl (C=O) groups excluding carboxylic acids is 1. The minimum absolute atomic E-state index is 0.0630. The molecule has 112 valence electrons. The van der Waals surface area contributed by atoms with Gasteiger partial charge in [0.25, 0.3) is 0 Å². The molecule has 2 unspecified atom stereocenters. The van der Waals surface area contributed by atoms with Gasteiger partial charge in [-0.1, -0.05) is 19.8 Å². The van der Waals surface area contributed by atoms with Crippen molar-refractivity contribution in [3.8, 4) is 0 Å². The van der Waals surface area contributed by atoms with E-state index in [2.05, 4.69) is 12.2 Å². The van der Waals surface area contributed by atoms with Crippen LogP contribution in [0.15, 0.2) is 16.3 Å². The molecular weight excluding hydrogens is 296 g/mol. The van der Waals surface area contributed by atoms with Crippen molar-refractivity contribution in [2.45, 2.75) is 36.8 Å². The summed E-state index contributed by atoms with van der Waals surface area (Å²) in [7, 11) is -3.66. The number of nitrogens with two attached hydrogens (primary N) is 1. The lowest BCUT2D eigenvalue weighted by Crippen LogP contribution is -2.31. The molecule has 1 fully saturated rings.